The third-order valence-corrected chi connectivity index (χ3v) is 3.10. The van der Waals surface area contributed by atoms with Crippen LogP contribution in [0.5, 0.6) is 0 Å². The van der Waals surface area contributed by atoms with Crippen LogP contribution in [0.25, 0.3) is 11.0 Å². The number of nitrogens with one attached hydrogen (secondary N) is 1. The second-order valence-electron chi connectivity index (χ2n) is 4.12. The van der Waals surface area contributed by atoms with Crippen LogP contribution in [0.1, 0.15) is 35.4 Å². The van der Waals surface area contributed by atoms with Gasteiger partial charge >= 0.3 is 0 Å². The van der Waals surface area contributed by atoms with Crippen LogP contribution in [0.4, 0.5) is 0 Å². The average molecular weight is 247 g/mol. The predicted molar refractivity (Wildman–Crippen MR) is 69.6 cm³/mol. The number of hydrogen-bond donors (Lipinski definition) is 1. The zero-order chi connectivity index (χ0) is 13.1. The Kier molecular flexibility index (Phi) is 3.67. The Morgan fingerprint density at radius 2 is 2.28 bits per heavy atom. The minimum Gasteiger partial charge on any atom is -0.463 e. The molecule has 0 radical (unpaired) electrons. The number of amides is 1. The molecule has 4 nitrogen and oxygen atoms in total. The zero-order valence-corrected chi connectivity index (χ0v) is 10.8. The number of carbonyl (C=O) groups excluding carboxylic acids is 1. The molecule has 0 spiro atoms. The molecule has 1 aromatic carbocycles. The lowest BCUT2D eigenvalue weighted by molar-refractivity contribution is 0.0964. The van der Waals surface area contributed by atoms with E-state index in [1.807, 2.05) is 18.2 Å². The first kappa shape index (κ1) is 12.6. The molecular weight excluding hydrogens is 230 g/mol. The zero-order valence-electron chi connectivity index (χ0n) is 10.8. The van der Waals surface area contributed by atoms with Crippen LogP contribution >= 0.6 is 0 Å². The number of rotatable bonds is 4. The van der Waals surface area contributed by atoms with Crippen LogP contribution in [0, 0.1) is 0 Å². The van der Waals surface area contributed by atoms with Crippen LogP contribution in [-0.4, -0.2) is 20.1 Å². The highest BCUT2D eigenvalue weighted by Crippen LogP contribution is 2.27. The number of carbonyl (C=O) groups is 1. The molecule has 4 heteroatoms. The van der Waals surface area contributed by atoms with Crippen molar-refractivity contribution in [2.45, 2.75) is 19.4 Å². The molecule has 0 aliphatic rings. The molecule has 1 heterocycles. The third kappa shape index (κ3) is 2.11. The van der Waals surface area contributed by atoms with Crippen molar-refractivity contribution in [3.8, 4) is 0 Å². The molecule has 0 bridgehead atoms. The number of hydrogen-bond acceptors (Lipinski definition) is 3. The largest absolute Gasteiger partial charge is 0.463 e. The van der Waals surface area contributed by atoms with Gasteiger partial charge in [0, 0.05) is 19.5 Å². The lowest BCUT2D eigenvalue weighted by Crippen LogP contribution is -2.17. The van der Waals surface area contributed by atoms with Gasteiger partial charge in [0.15, 0.2) is 0 Å². The first-order chi connectivity index (χ1) is 8.71. The third-order valence-electron chi connectivity index (χ3n) is 3.10. The molecule has 0 aliphatic heterocycles. The number of furan rings is 1. The van der Waals surface area contributed by atoms with E-state index in [1.54, 1.807) is 14.2 Å². The van der Waals surface area contributed by atoms with E-state index in [1.165, 1.54) is 6.26 Å². The Balaban J connectivity index is 2.45. The SMILES string of the molecule is CCC(OC)c1ccc2c(C(=O)NC)coc2c1. The standard InChI is InChI=1S/C14H17NO3/c1-4-12(17-3)9-5-6-10-11(14(16)15-2)8-18-13(10)7-9/h5-8,12H,4H2,1-3H3,(H,15,16). The van der Waals surface area contributed by atoms with E-state index in [0.29, 0.717) is 11.1 Å². The first-order valence-electron chi connectivity index (χ1n) is 5.97. The number of benzene rings is 1. The summed E-state index contributed by atoms with van der Waals surface area (Å²) in [5.74, 6) is -0.139. The quantitative estimate of drug-likeness (QED) is 0.903. The van der Waals surface area contributed by atoms with Crippen molar-refractivity contribution in [3.05, 3.63) is 35.6 Å². The van der Waals surface area contributed by atoms with Gasteiger partial charge in [-0.1, -0.05) is 13.0 Å². The van der Waals surface area contributed by atoms with Crippen molar-refractivity contribution >= 4 is 16.9 Å². The van der Waals surface area contributed by atoms with Gasteiger partial charge < -0.3 is 14.5 Å². The molecule has 0 saturated heterocycles. The monoisotopic (exact) mass is 247 g/mol. The fraction of sp³-hybridized carbons (Fsp3) is 0.357. The second-order valence-corrected chi connectivity index (χ2v) is 4.12. The summed E-state index contributed by atoms with van der Waals surface area (Å²) < 4.78 is 10.8. The molecule has 1 N–H and O–H groups in total. The highest BCUT2D eigenvalue weighted by molar-refractivity contribution is 6.05. The molecular formula is C14H17NO3. The molecule has 0 aliphatic carbocycles. The summed E-state index contributed by atoms with van der Waals surface area (Å²) in [4.78, 5) is 11.6. The lowest BCUT2D eigenvalue weighted by atomic mass is 10.0. The Morgan fingerprint density at radius 1 is 1.50 bits per heavy atom. The van der Waals surface area contributed by atoms with Gasteiger partial charge in [0.05, 0.1) is 11.7 Å². The molecule has 1 unspecified atom stereocenters. The summed E-state index contributed by atoms with van der Waals surface area (Å²) in [6, 6.07) is 5.81. The molecule has 0 fully saturated rings. The van der Waals surface area contributed by atoms with Crippen LogP contribution in [0.2, 0.25) is 0 Å². The van der Waals surface area contributed by atoms with Crippen molar-refractivity contribution in [2.24, 2.45) is 0 Å². The van der Waals surface area contributed by atoms with Gasteiger partial charge in [0.2, 0.25) is 0 Å². The molecule has 18 heavy (non-hydrogen) atoms. The van der Waals surface area contributed by atoms with Gasteiger partial charge in [-0.25, -0.2) is 0 Å². The summed E-state index contributed by atoms with van der Waals surface area (Å²) in [5.41, 5.74) is 2.33. The number of ether oxygens (including phenoxy) is 1. The van der Waals surface area contributed by atoms with E-state index in [4.69, 9.17) is 9.15 Å². The van der Waals surface area contributed by atoms with E-state index in [0.717, 1.165) is 17.4 Å². The van der Waals surface area contributed by atoms with Crippen LogP contribution < -0.4 is 5.32 Å². The minimum absolute atomic E-state index is 0.0583. The van der Waals surface area contributed by atoms with Crippen LogP contribution in [0.15, 0.2) is 28.9 Å². The Morgan fingerprint density at radius 3 is 2.89 bits per heavy atom. The maximum Gasteiger partial charge on any atom is 0.254 e. The molecule has 0 saturated carbocycles. The summed E-state index contributed by atoms with van der Waals surface area (Å²) in [5, 5.41) is 3.42. The van der Waals surface area contributed by atoms with Crippen molar-refractivity contribution in [2.75, 3.05) is 14.2 Å². The lowest BCUT2D eigenvalue weighted by Gasteiger charge is -2.12. The first-order valence-corrected chi connectivity index (χ1v) is 5.97. The summed E-state index contributed by atoms with van der Waals surface area (Å²) >= 11 is 0. The summed E-state index contributed by atoms with van der Waals surface area (Å²) in [7, 11) is 3.30. The van der Waals surface area contributed by atoms with Crippen molar-refractivity contribution < 1.29 is 13.9 Å². The van der Waals surface area contributed by atoms with Gasteiger partial charge in [-0.15, -0.1) is 0 Å². The Hall–Kier alpha value is -1.81. The number of fused-ring (bicyclic) bond motifs is 1. The fourth-order valence-electron chi connectivity index (χ4n) is 2.09. The summed E-state index contributed by atoms with van der Waals surface area (Å²) in [6.45, 7) is 2.07. The maximum absolute atomic E-state index is 11.6. The van der Waals surface area contributed by atoms with Crippen molar-refractivity contribution in [1.29, 1.82) is 0 Å². The highest BCUT2D eigenvalue weighted by Gasteiger charge is 2.15. The summed E-state index contributed by atoms with van der Waals surface area (Å²) in [6.07, 6.45) is 2.44. The van der Waals surface area contributed by atoms with Crippen molar-refractivity contribution in [3.63, 3.8) is 0 Å². The molecule has 1 atom stereocenters. The Labute approximate surface area is 106 Å². The van der Waals surface area contributed by atoms with Gasteiger partial charge in [-0.05, 0) is 24.1 Å². The smallest absolute Gasteiger partial charge is 0.254 e. The Bertz CT molecular complexity index is 555. The molecule has 1 aromatic heterocycles. The van der Waals surface area contributed by atoms with E-state index < -0.39 is 0 Å². The highest BCUT2D eigenvalue weighted by atomic mass is 16.5. The average Bonchev–Trinajstić information content (AvgIpc) is 2.82. The van der Waals surface area contributed by atoms with Gasteiger partial charge in [0.25, 0.3) is 5.91 Å². The number of methoxy groups -OCH3 is 1. The van der Waals surface area contributed by atoms with Gasteiger partial charge in [-0.3, -0.25) is 4.79 Å². The van der Waals surface area contributed by atoms with Crippen molar-refractivity contribution in [1.82, 2.24) is 5.32 Å². The second kappa shape index (κ2) is 5.23. The molecule has 96 valence electrons. The topological polar surface area (TPSA) is 51.5 Å². The normalized spacial score (nSPS) is 12.6. The maximum atomic E-state index is 11.6. The van der Waals surface area contributed by atoms with Gasteiger partial charge in [0.1, 0.15) is 11.8 Å². The van der Waals surface area contributed by atoms with Gasteiger partial charge in [-0.2, -0.15) is 0 Å². The molecule has 1 amide bonds. The predicted octanol–water partition coefficient (Wildman–Crippen LogP) is 2.89. The molecule has 2 aromatic rings. The molecule has 2 rings (SSSR count). The van der Waals surface area contributed by atoms with E-state index in [-0.39, 0.29) is 12.0 Å². The van der Waals surface area contributed by atoms with E-state index in [9.17, 15) is 4.79 Å². The van der Waals surface area contributed by atoms with E-state index in [2.05, 4.69) is 12.2 Å². The van der Waals surface area contributed by atoms with E-state index >= 15 is 0 Å². The fourth-order valence-corrected chi connectivity index (χ4v) is 2.09. The van der Waals surface area contributed by atoms with Crippen LogP contribution in [-0.2, 0) is 4.74 Å². The minimum atomic E-state index is -0.139. The van der Waals surface area contributed by atoms with Crippen LogP contribution in [0.3, 0.4) is 0 Å².